The number of ether oxygens (including phenoxy) is 3. The molecule has 2 aromatic heterocycles. The molecule has 25 N–H and O–H groups in total. The number of phenols is 1. The first-order valence-electron chi connectivity index (χ1n) is 44.7. The molecule has 0 spiro atoms. The minimum Gasteiger partial charge on any atom is -0.508 e. The smallest absolute Gasteiger partial charge is 0.407 e. The lowest BCUT2D eigenvalue weighted by atomic mass is 9.87. The molecule has 16 atom stereocenters. The van der Waals surface area contributed by atoms with E-state index in [4.69, 9.17) is 42.7 Å². The third kappa shape index (κ3) is 34.6. The third-order valence-electron chi connectivity index (χ3n) is 22.8. The molecule has 12 amide bonds. The lowest BCUT2D eigenvalue weighted by Crippen LogP contribution is -2.61. The zero-order chi connectivity index (χ0) is 96.1. The number of alkyl carbamates (subject to hydrolysis) is 1. The van der Waals surface area contributed by atoms with Crippen molar-refractivity contribution in [1.82, 2.24) is 83.3 Å². The minimum absolute atomic E-state index is 0.0319. The molecular weight excluding hydrogens is 1700 g/mol. The average molecular weight is 1840 g/mol. The number of aromatic amines is 2. The summed E-state index contributed by atoms with van der Waals surface area (Å²) in [6, 6.07) is -0.522. The number of carbonyl (C=O) groups is 13. The summed E-state index contributed by atoms with van der Waals surface area (Å²) in [4.78, 5) is 193. The number of rotatable bonds is 50. The van der Waals surface area contributed by atoms with Crippen molar-refractivity contribution in [3.8, 4) is 5.75 Å². The number of nitrogens with one attached hydrogen (secondary N) is 14. The maximum absolute atomic E-state index is 15.4. The van der Waals surface area contributed by atoms with E-state index in [1.165, 1.54) is 59.0 Å². The fourth-order valence-corrected chi connectivity index (χ4v) is 15.9. The van der Waals surface area contributed by atoms with E-state index in [-0.39, 0.29) is 163 Å². The van der Waals surface area contributed by atoms with Gasteiger partial charge >= 0.3 is 12.1 Å². The number of carbonyl (C=O) groups excluding carboxylic acids is 13. The molecule has 8 rings (SSSR count). The van der Waals surface area contributed by atoms with Crippen molar-refractivity contribution >= 4 is 93.9 Å². The summed E-state index contributed by atoms with van der Waals surface area (Å²) in [5.74, 6) is -3.58. The lowest BCUT2D eigenvalue weighted by molar-refractivity contribution is -0.142. The molecule has 3 saturated heterocycles. The number of hydrazine groups is 1. The predicted molar refractivity (Wildman–Crippen MR) is 490 cm³/mol. The molecule has 6 heterocycles. The molecule has 3 fully saturated rings. The molecule has 4 aliphatic heterocycles. The van der Waals surface area contributed by atoms with E-state index in [0.29, 0.717) is 53.4 Å². The summed E-state index contributed by atoms with van der Waals surface area (Å²) in [6.07, 6.45) is 22.6. The number of nitrogens with zero attached hydrogens (tertiary/aromatic N) is 3. The number of primary amides is 1. The van der Waals surface area contributed by atoms with E-state index in [1.54, 1.807) is 56.5 Å². The van der Waals surface area contributed by atoms with Crippen molar-refractivity contribution < 1.29 is 91.9 Å². The number of aliphatic hydroxyl groups excluding tert-OH is 2. The standard InChI is InChI=1S/C92H131N21O19/c1-8-16-77-57(7)76(116)46-78(132-77)67(21-11-17-54(4)40-56(6)41-55(5)26-32-64-18-12-25-82(120)131-64)111-92(129)130-38-34-60(93)50-112(97)36-14-23-68(83(121)107-70(39-53(2)3)84(122)106-69(22-13-35-99-91(95)96)90(128)113-37-15-24-75(113)89(127)101-49-79(94)117)105-85(123)71(42-58-27-30-63(115)31-28-58)108-88(126)74(51-114)110-86(124)72(43-59-47-100-66-20-10-9-19-65(59)66)109-87(125)73(44-62-48-98-52-102-62)104-81(119)45-61-29-33-80(118)103-61/h8-12,16-17,19-21,25-28,30-32,41,47-48,50,52-53,56-57,61,64,67-78,100,114-116H,13-15,18,22-24,29,33-40,42-46,49,51,93,97H2,1-7H3,(H2,94,117)(H,98,102)(H,101,127)(H,103,118)(H,104,119)(H,105,123)(H,106,122)(H,107,121)(H,108,126)(H,109,125)(H,110,124)(H,111,129)(H4,95,96,99)/b16-8+,21-11+,32-26+,54-17+,55-41-,60-50-/t56-,57+,61+,64-,67-,68+,69+,70+,71+,72+,73+,74+,75+,76-,77?,78?/m1/s1. The van der Waals surface area contributed by atoms with E-state index >= 15 is 9.59 Å². The van der Waals surface area contributed by atoms with Crippen LogP contribution in [0.2, 0.25) is 0 Å². The zero-order valence-electron chi connectivity index (χ0n) is 75.8. The van der Waals surface area contributed by atoms with Gasteiger partial charge in [-0.15, -0.1) is 0 Å². The highest BCUT2D eigenvalue weighted by Gasteiger charge is 2.42. The number of benzene rings is 2. The van der Waals surface area contributed by atoms with Gasteiger partial charge in [0.15, 0.2) is 5.96 Å². The normalized spacial score (nSPS) is 20.3. The number of cyclic esters (lactones) is 1. The maximum atomic E-state index is 15.4. The highest BCUT2D eigenvalue weighted by atomic mass is 16.6. The van der Waals surface area contributed by atoms with E-state index in [2.05, 4.69) is 86.4 Å². The number of hydrogen-bond donors (Lipinski definition) is 21. The van der Waals surface area contributed by atoms with Crippen molar-refractivity contribution in [2.24, 2.45) is 40.8 Å². The molecule has 132 heavy (non-hydrogen) atoms. The largest absolute Gasteiger partial charge is 0.508 e. The summed E-state index contributed by atoms with van der Waals surface area (Å²) in [5.41, 5.74) is 21.5. The molecule has 4 aliphatic rings. The molecule has 0 saturated carbocycles. The molecule has 0 aliphatic carbocycles. The Hall–Kier alpha value is -13.2. The van der Waals surface area contributed by atoms with Gasteiger partial charge in [-0.2, -0.15) is 0 Å². The van der Waals surface area contributed by atoms with E-state index in [0.717, 1.165) is 11.1 Å². The Morgan fingerprint density at radius 3 is 2.13 bits per heavy atom. The summed E-state index contributed by atoms with van der Waals surface area (Å²) in [5, 5.41) is 71.9. The second kappa shape index (κ2) is 52.6. The van der Waals surface area contributed by atoms with E-state index in [9.17, 15) is 68.1 Å². The van der Waals surface area contributed by atoms with E-state index < -0.39 is 157 Å². The second-order valence-corrected chi connectivity index (χ2v) is 34.3. The number of esters is 1. The van der Waals surface area contributed by atoms with Crippen molar-refractivity contribution in [2.45, 2.75) is 242 Å². The summed E-state index contributed by atoms with van der Waals surface area (Å²) >= 11 is 0. The van der Waals surface area contributed by atoms with Gasteiger partial charge in [-0.05, 0) is 126 Å². The van der Waals surface area contributed by atoms with Crippen LogP contribution in [0.3, 0.4) is 0 Å². The highest BCUT2D eigenvalue weighted by molar-refractivity contribution is 5.99. The van der Waals surface area contributed by atoms with Crippen LogP contribution in [0.1, 0.15) is 155 Å². The van der Waals surface area contributed by atoms with Crippen molar-refractivity contribution in [3.63, 3.8) is 0 Å². The molecule has 2 aromatic carbocycles. The Labute approximate surface area is 767 Å². The van der Waals surface area contributed by atoms with Gasteiger partial charge in [-0.1, -0.05) is 118 Å². The van der Waals surface area contributed by atoms with Gasteiger partial charge in [-0.3, -0.25) is 58.1 Å². The number of aromatic hydroxyl groups is 1. The summed E-state index contributed by atoms with van der Waals surface area (Å²) < 4.78 is 17.5. The van der Waals surface area contributed by atoms with Gasteiger partial charge in [0.05, 0.1) is 56.1 Å². The van der Waals surface area contributed by atoms with Crippen molar-refractivity contribution in [3.05, 3.63) is 168 Å². The lowest BCUT2D eigenvalue weighted by Gasteiger charge is -2.39. The van der Waals surface area contributed by atoms with Crippen LogP contribution >= 0.6 is 0 Å². The fourth-order valence-electron chi connectivity index (χ4n) is 15.9. The van der Waals surface area contributed by atoms with Crippen LogP contribution in [0.25, 0.3) is 10.9 Å². The quantitative estimate of drug-likeness (QED) is 0.00435. The van der Waals surface area contributed by atoms with Crippen LogP contribution in [0.15, 0.2) is 151 Å². The Morgan fingerprint density at radius 1 is 0.788 bits per heavy atom. The number of hydrogen-bond acceptors (Lipinski definition) is 24. The van der Waals surface area contributed by atoms with Gasteiger partial charge in [0.1, 0.15) is 60.2 Å². The van der Waals surface area contributed by atoms with Crippen molar-refractivity contribution in [2.75, 3.05) is 39.4 Å². The van der Waals surface area contributed by atoms with E-state index in [1.807, 2.05) is 64.2 Å². The molecule has 4 aromatic rings. The number of guanidine groups is 1. The number of aromatic nitrogens is 3. The third-order valence-corrected chi connectivity index (χ3v) is 22.8. The first-order chi connectivity index (χ1) is 63.0. The summed E-state index contributed by atoms with van der Waals surface area (Å²) in [7, 11) is 0. The average Bonchev–Trinajstić information content (AvgIpc) is 1.36. The maximum Gasteiger partial charge on any atom is 0.407 e. The highest BCUT2D eigenvalue weighted by Crippen LogP contribution is 2.30. The molecule has 2 unspecified atom stereocenters. The molecule has 40 heteroatoms. The number of para-hydroxylation sites is 1. The molecular formula is C92H131N21O19. The Kier molecular flexibility index (Phi) is 41.5. The van der Waals surface area contributed by atoms with Crippen LogP contribution in [-0.2, 0) is 91.0 Å². The topological polar surface area (TPSA) is 621 Å². The first kappa shape index (κ1) is 104. The minimum atomic E-state index is -1.87. The first-order valence-corrected chi connectivity index (χ1v) is 44.7. The summed E-state index contributed by atoms with van der Waals surface area (Å²) in [6.45, 7) is 11.6. The number of fused-ring (bicyclic) bond motifs is 1. The van der Waals surface area contributed by atoms with Crippen LogP contribution in [0.4, 0.5) is 4.79 Å². The second-order valence-electron chi connectivity index (χ2n) is 34.3. The Bertz CT molecular complexity index is 4830. The van der Waals surface area contributed by atoms with Crippen LogP contribution in [0.5, 0.6) is 5.75 Å². The number of H-pyrrole nitrogens is 2. The monoisotopic (exact) mass is 1830 g/mol. The van der Waals surface area contributed by atoms with Crippen molar-refractivity contribution in [1.29, 1.82) is 5.41 Å². The van der Waals surface area contributed by atoms with Gasteiger partial charge in [0.2, 0.25) is 65.0 Å². The number of imidazole rings is 1. The molecule has 0 radical (unpaired) electrons. The van der Waals surface area contributed by atoms with Gasteiger partial charge < -0.3 is 125 Å². The SMILES string of the molecule is C/C=C/C1OC([C@@H](/C=C/C=C(\C)C[C@@H](C)/C=C(C)\C=C\[C@H]2CC=CC(=O)O2)NC(=O)OCC/C(N)=C/N(N)CCC[C@H](NC(=O)[C@H](Cc2ccc(O)cc2)NC(=O)[C@H](CO)NC(=O)[C@H](Cc2c[nH]c3ccccc23)NC(=O)[C@H](Cc2c[nH]cn2)NC(=O)C[C@@H]2CCC(=O)N2)C(=O)N[C@@H](CC(C)C)C(=O)N[C@@H](CCCNC(=N)N)C(=O)N2CCC[C@H]2C(=O)NCC(N)=O)C[C@@H](O)[C@@H]1C. The number of aliphatic hydroxyl groups is 2. The zero-order valence-corrected chi connectivity index (χ0v) is 75.8. The number of nitrogens with two attached hydrogens (primary N) is 4. The molecule has 40 nitrogen and oxygen atoms in total. The Morgan fingerprint density at radius 2 is 1.45 bits per heavy atom. The van der Waals surface area contributed by atoms with Gasteiger partial charge in [0.25, 0.3) is 0 Å². The number of likely N-dealkylation sites (tertiary alicyclic amines) is 1. The van der Waals surface area contributed by atoms with Crippen LogP contribution in [0, 0.1) is 23.2 Å². The Balaban J connectivity index is 1.02. The number of allylic oxidation sites excluding steroid dienone is 7. The van der Waals surface area contributed by atoms with Crippen LogP contribution in [-0.4, -0.2) is 247 Å². The predicted octanol–water partition coefficient (Wildman–Crippen LogP) is 1.46. The number of amides is 12. The van der Waals surface area contributed by atoms with Gasteiger partial charge in [-0.25, -0.2) is 20.4 Å². The number of phenolic OH excluding ortho intramolecular Hbond substituents is 1. The van der Waals surface area contributed by atoms with Crippen LogP contribution < -0.4 is 81.5 Å². The molecule has 0 bridgehead atoms. The fraction of sp³-hybridized carbons (Fsp3) is 0.511. The van der Waals surface area contributed by atoms with Gasteiger partial charge in [0, 0.05) is 124 Å². The molecule has 718 valence electrons.